The van der Waals surface area contributed by atoms with Crippen LogP contribution < -0.4 is 10.1 Å². The number of ether oxygens (including phenoxy) is 1. The third kappa shape index (κ3) is 3.90. The third-order valence-electron chi connectivity index (χ3n) is 2.49. The van der Waals surface area contributed by atoms with E-state index in [1.165, 1.54) is 0 Å². The van der Waals surface area contributed by atoms with Crippen LogP contribution in [0.4, 0.5) is 0 Å². The van der Waals surface area contributed by atoms with Crippen molar-refractivity contribution in [2.45, 2.75) is 6.04 Å². The van der Waals surface area contributed by atoms with E-state index in [9.17, 15) is 18.0 Å². The smallest absolute Gasteiger partial charge is 0.385 e. The van der Waals surface area contributed by atoms with E-state index in [-0.39, 0.29) is 11.1 Å². The summed E-state index contributed by atoms with van der Waals surface area (Å²) < 4.78 is 35.3. The summed E-state index contributed by atoms with van der Waals surface area (Å²) in [7, 11) is -4.80. The first-order valence-electron chi connectivity index (χ1n) is 5.79. The Labute approximate surface area is 120 Å². The summed E-state index contributed by atoms with van der Waals surface area (Å²) in [5, 5.41) is 2.25. The molecule has 0 bridgehead atoms. The first kappa shape index (κ1) is 15.2. The highest BCUT2D eigenvalue weighted by Gasteiger charge is 2.41. The van der Waals surface area contributed by atoms with Gasteiger partial charge >= 0.3 is 10.3 Å². The lowest BCUT2D eigenvalue weighted by Crippen LogP contribution is -2.45. The van der Waals surface area contributed by atoms with Crippen LogP contribution in [0.3, 0.4) is 0 Å². The number of nitrogens with one attached hydrogen (secondary N) is 1. The Kier molecular flexibility index (Phi) is 4.40. The molecule has 0 aromatic heterocycles. The Morgan fingerprint density at radius 1 is 1.43 bits per heavy atom. The number of benzene rings is 1. The summed E-state index contributed by atoms with van der Waals surface area (Å²) in [5.74, 6) is -1.23. The molecule has 1 aliphatic rings. The molecular formula is C11H12N2O7S. The summed E-state index contributed by atoms with van der Waals surface area (Å²) in [6.45, 7) is -0.741. The van der Waals surface area contributed by atoms with Crippen LogP contribution in [-0.4, -0.2) is 48.5 Å². The molecule has 1 aromatic rings. The molecule has 21 heavy (non-hydrogen) atoms. The fourth-order valence-corrected chi connectivity index (χ4v) is 2.14. The number of rotatable bonds is 5. The molecule has 1 aromatic carbocycles. The normalized spacial score (nSPS) is 18.6. The van der Waals surface area contributed by atoms with Gasteiger partial charge in [-0.25, -0.2) is 0 Å². The molecule has 10 heteroatoms. The minimum atomic E-state index is -4.80. The Hall–Kier alpha value is -2.17. The van der Waals surface area contributed by atoms with Gasteiger partial charge in [0, 0.05) is 0 Å². The zero-order chi connectivity index (χ0) is 15.5. The second-order valence-electron chi connectivity index (χ2n) is 4.06. The van der Waals surface area contributed by atoms with Gasteiger partial charge in [-0.05, 0) is 12.1 Å². The van der Waals surface area contributed by atoms with Gasteiger partial charge in [0.2, 0.25) is 0 Å². The molecule has 9 nitrogen and oxygen atoms in total. The van der Waals surface area contributed by atoms with Crippen LogP contribution in [0, 0.1) is 0 Å². The Morgan fingerprint density at radius 2 is 2.10 bits per heavy atom. The van der Waals surface area contributed by atoms with E-state index in [0.29, 0.717) is 5.75 Å². The molecule has 0 spiro atoms. The topological polar surface area (TPSA) is 122 Å². The second-order valence-corrected chi connectivity index (χ2v) is 5.29. The van der Waals surface area contributed by atoms with E-state index in [0.717, 1.165) is 0 Å². The molecular weight excluding hydrogens is 304 g/mol. The molecule has 0 saturated carbocycles. The monoisotopic (exact) mass is 316 g/mol. The molecule has 0 radical (unpaired) electrons. The van der Waals surface area contributed by atoms with Crippen molar-refractivity contribution in [1.29, 1.82) is 0 Å². The van der Waals surface area contributed by atoms with Gasteiger partial charge in [-0.3, -0.25) is 19.0 Å². The fourth-order valence-electron chi connectivity index (χ4n) is 1.59. The van der Waals surface area contributed by atoms with Crippen LogP contribution in [-0.2, 0) is 24.7 Å². The molecule has 1 aliphatic heterocycles. The van der Waals surface area contributed by atoms with Gasteiger partial charge in [-0.2, -0.15) is 8.42 Å². The van der Waals surface area contributed by atoms with Gasteiger partial charge in [0.05, 0.1) is 0 Å². The van der Waals surface area contributed by atoms with Crippen molar-refractivity contribution in [1.82, 2.24) is 9.79 Å². The highest BCUT2D eigenvalue weighted by molar-refractivity contribution is 7.83. The SMILES string of the molecule is O=C(COc1ccccc1)N[C@H]1CON(S(=O)(=O)O)C1=O. The lowest BCUT2D eigenvalue weighted by Gasteiger charge is -2.11. The van der Waals surface area contributed by atoms with E-state index < -0.39 is 34.8 Å². The van der Waals surface area contributed by atoms with Crippen LogP contribution in [0.1, 0.15) is 0 Å². The number of hydrogen-bond donors (Lipinski definition) is 2. The summed E-state index contributed by atoms with van der Waals surface area (Å²) in [5.41, 5.74) is 0. The highest BCUT2D eigenvalue weighted by Crippen LogP contribution is 2.12. The molecule has 0 aliphatic carbocycles. The number of para-hydroxylation sites is 1. The van der Waals surface area contributed by atoms with Crippen molar-refractivity contribution in [3.63, 3.8) is 0 Å². The maximum atomic E-state index is 11.6. The maximum Gasteiger partial charge on any atom is 0.385 e. The van der Waals surface area contributed by atoms with Gasteiger partial charge in [0.25, 0.3) is 11.8 Å². The van der Waals surface area contributed by atoms with Gasteiger partial charge in [-0.15, -0.1) is 0 Å². The van der Waals surface area contributed by atoms with Crippen LogP contribution in [0.25, 0.3) is 0 Å². The number of carbonyl (C=O) groups is 2. The number of carbonyl (C=O) groups excluding carboxylic acids is 2. The van der Waals surface area contributed by atoms with Crippen molar-refractivity contribution >= 4 is 22.1 Å². The van der Waals surface area contributed by atoms with E-state index in [1.807, 2.05) is 0 Å². The minimum Gasteiger partial charge on any atom is -0.484 e. The average molecular weight is 316 g/mol. The van der Waals surface area contributed by atoms with Crippen LogP contribution in [0.15, 0.2) is 30.3 Å². The zero-order valence-electron chi connectivity index (χ0n) is 10.6. The lowest BCUT2D eigenvalue weighted by molar-refractivity contribution is -0.142. The largest absolute Gasteiger partial charge is 0.484 e. The second kappa shape index (κ2) is 6.08. The Balaban J connectivity index is 1.85. The van der Waals surface area contributed by atoms with E-state index in [4.69, 9.17) is 9.29 Å². The predicted molar refractivity (Wildman–Crippen MR) is 68.2 cm³/mol. The van der Waals surface area contributed by atoms with Gasteiger partial charge in [0.15, 0.2) is 6.61 Å². The van der Waals surface area contributed by atoms with Gasteiger partial charge < -0.3 is 10.1 Å². The highest BCUT2D eigenvalue weighted by atomic mass is 32.2. The van der Waals surface area contributed by atoms with Gasteiger partial charge in [-0.1, -0.05) is 22.7 Å². The molecule has 1 heterocycles. The number of hydroxylamine groups is 1. The average Bonchev–Trinajstić information content (AvgIpc) is 2.79. The number of amides is 2. The van der Waals surface area contributed by atoms with Crippen LogP contribution >= 0.6 is 0 Å². The van der Waals surface area contributed by atoms with Crippen molar-refractivity contribution in [3.05, 3.63) is 30.3 Å². The van der Waals surface area contributed by atoms with E-state index in [1.54, 1.807) is 30.3 Å². The molecule has 114 valence electrons. The Morgan fingerprint density at radius 3 is 2.67 bits per heavy atom. The summed E-state index contributed by atoms with van der Waals surface area (Å²) in [6.07, 6.45) is 0. The van der Waals surface area contributed by atoms with Crippen LogP contribution in [0.2, 0.25) is 0 Å². The first-order valence-corrected chi connectivity index (χ1v) is 7.19. The first-order chi connectivity index (χ1) is 9.88. The summed E-state index contributed by atoms with van der Waals surface area (Å²) in [6, 6.07) is 7.34. The zero-order valence-corrected chi connectivity index (χ0v) is 11.4. The summed E-state index contributed by atoms with van der Waals surface area (Å²) in [4.78, 5) is 27.7. The predicted octanol–water partition coefficient (Wildman–Crippen LogP) is -0.873. The minimum absolute atomic E-state index is 0.171. The maximum absolute atomic E-state index is 11.6. The third-order valence-corrected chi connectivity index (χ3v) is 3.20. The van der Waals surface area contributed by atoms with Crippen molar-refractivity contribution in [2.24, 2.45) is 0 Å². The quantitative estimate of drug-likeness (QED) is 0.677. The lowest BCUT2D eigenvalue weighted by atomic mass is 10.3. The molecule has 0 unspecified atom stereocenters. The summed E-state index contributed by atoms with van der Waals surface area (Å²) >= 11 is 0. The molecule has 1 saturated heterocycles. The Bertz CT molecular complexity index is 631. The molecule has 1 atom stereocenters. The number of hydrogen-bond acceptors (Lipinski definition) is 6. The van der Waals surface area contributed by atoms with Crippen molar-refractivity contribution in [3.8, 4) is 5.75 Å². The van der Waals surface area contributed by atoms with Crippen LogP contribution in [0.5, 0.6) is 5.75 Å². The molecule has 2 N–H and O–H groups in total. The number of nitrogens with zero attached hydrogens (tertiary/aromatic N) is 1. The fraction of sp³-hybridized carbons (Fsp3) is 0.273. The van der Waals surface area contributed by atoms with E-state index >= 15 is 0 Å². The van der Waals surface area contributed by atoms with Crippen molar-refractivity contribution in [2.75, 3.05) is 13.2 Å². The van der Waals surface area contributed by atoms with Gasteiger partial charge in [0.1, 0.15) is 18.4 Å². The standard InChI is InChI=1S/C11H12N2O7S/c14-10(7-19-8-4-2-1-3-5-8)12-9-6-20-13(11(9)15)21(16,17)18/h1-5,9H,6-7H2,(H,12,14)(H,16,17,18)/t9-/m0/s1. The van der Waals surface area contributed by atoms with Crippen molar-refractivity contribution < 1.29 is 32.1 Å². The molecule has 2 rings (SSSR count). The molecule has 1 fully saturated rings. The molecule has 2 amide bonds. The van der Waals surface area contributed by atoms with E-state index in [2.05, 4.69) is 10.2 Å².